The second kappa shape index (κ2) is 7.47. The van der Waals surface area contributed by atoms with Crippen LogP contribution in [0.25, 0.3) is 0 Å². The molecule has 0 spiro atoms. The van der Waals surface area contributed by atoms with Gasteiger partial charge in [-0.25, -0.2) is 0 Å². The molecule has 0 saturated carbocycles. The Morgan fingerprint density at radius 1 is 1.26 bits per heavy atom. The number of hydrogen-bond donors (Lipinski definition) is 2. The average Bonchev–Trinajstić information content (AvgIpc) is 2.97. The van der Waals surface area contributed by atoms with Crippen LogP contribution in [0.1, 0.15) is 41.8 Å². The Morgan fingerprint density at radius 3 is 2.70 bits per heavy atom. The van der Waals surface area contributed by atoms with Crippen LogP contribution in [-0.2, 0) is 6.54 Å². The lowest BCUT2D eigenvalue weighted by atomic mass is 10.1. The van der Waals surface area contributed by atoms with E-state index in [0.717, 1.165) is 32.5 Å². The third-order valence-electron chi connectivity index (χ3n) is 4.64. The molecule has 0 bridgehead atoms. The summed E-state index contributed by atoms with van der Waals surface area (Å²) >= 11 is 1.82. The lowest BCUT2D eigenvalue weighted by molar-refractivity contribution is 0.0793. The molecule has 2 heterocycles. The molecule has 23 heavy (non-hydrogen) atoms. The quantitative estimate of drug-likeness (QED) is 0.863. The second-order valence-corrected chi connectivity index (χ2v) is 7.45. The molecule has 1 aliphatic rings. The molecule has 124 valence electrons. The Hall–Kier alpha value is -1.36. The number of hydrogen-bond acceptors (Lipinski definition) is 4. The predicted molar refractivity (Wildman–Crippen MR) is 98.1 cm³/mol. The fraction of sp³-hybridized carbons (Fsp3) is 0.474. The number of piperidine rings is 1. The smallest absolute Gasteiger partial charge is 0.0581 e. The van der Waals surface area contributed by atoms with Gasteiger partial charge in [0.05, 0.1) is 12.1 Å². The van der Waals surface area contributed by atoms with Gasteiger partial charge in [0.15, 0.2) is 0 Å². The molecule has 1 aromatic heterocycles. The highest BCUT2D eigenvalue weighted by molar-refractivity contribution is 7.10. The van der Waals surface area contributed by atoms with Crippen molar-refractivity contribution in [2.75, 3.05) is 18.4 Å². The first kappa shape index (κ1) is 16.5. The Morgan fingerprint density at radius 2 is 2.00 bits per heavy atom. The number of thiophene rings is 1. The molecule has 1 aliphatic heterocycles. The van der Waals surface area contributed by atoms with E-state index in [2.05, 4.69) is 59.8 Å². The first-order valence-corrected chi connectivity index (χ1v) is 9.30. The third-order valence-corrected chi connectivity index (χ3v) is 5.84. The van der Waals surface area contributed by atoms with Crippen LogP contribution in [0.3, 0.4) is 0 Å². The molecule has 2 aromatic rings. The molecular formula is C19H26N2OS. The maximum Gasteiger partial charge on any atom is 0.0581 e. The fourth-order valence-electron chi connectivity index (χ4n) is 3.24. The van der Waals surface area contributed by atoms with E-state index < -0.39 is 0 Å². The van der Waals surface area contributed by atoms with E-state index in [1.165, 1.54) is 21.7 Å². The lowest BCUT2D eigenvalue weighted by Crippen LogP contribution is -2.35. The topological polar surface area (TPSA) is 35.5 Å². The fourth-order valence-corrected chi connectivity index (χ4v) is 4.18. The zero-order valence-corrected chi connectivity index (χ0v) is 14.8. The van der Waals surface area contributed by atoms with Crippen molar-refractivity contribution < 1.29 is 5.11 Å². The van der Waals surface area contributed by atoms with Gasteiger partial charge < -0.3 is 10.4 Å². The van der Waals surface area contributed by atoms with Gasteiger partial charge in [-0.1, -0.05) is 18.2 Å². The molecular weight excluding hydrogens is 304 g/mol. The van der Waals surface area contributed by atoms with Crippen molar-refractivity contribution in [3.63, 3.8) is 0 Å². The molecule has 4 heteroatoms. The summed E-state index contributed by atoms with van der Waals surface area (Å²) in [4.78, 5) is 3.84. The van der Waals surface area contributed by atoms with E-state index in [4.69, 9.17) is 0 Å². The monoisotopic (exact) mass is 330 g/mol. The van der Waals surface area contributed by atoms with Gasteiger partial charge >= 0.3 is 0 Å². The molecule has 0 radical (unpaired) electrons. The number of anilines is 1. The van der Waals surface area contributed by atoms with Crippen LogP contribution < -0.4 is 5.32 Å². The summed E-state index contributed by atoms with van der Waals surface area (Å²) in [6.45, 7) is 7.32. The molecule has 2 N–H and O–H groups in total. The lowest BCUT2D eigenvalue weighted by Gasteiger charge is -2.30. The van der Waals surface area contributed by atoms with Crippen molar-refractivity contribution in [1.82, 2.24) is 4.90 Å². The molecule has 0 aliphatic carbocycles. The molecule has 3 rings (SSSR count). The van der Waals surface area contributed by atoms with Crippen molar-refractivity contribution in [1.29, 1.82) is 0 Å². The van der Waals surface area contributed by atoms with Crippen LogP contribution in [0.4, 0.5) is 5.69 Å². The van der Waals surface area contributed by atoms with Crippen LogP contribution in [0.15, 0.2) is 35.7 Å². The molecule has 0 amide bonds. The molecule has 1 unspecified atom stereocenters. The van der Waals surface area contributed by atoms with Gasteiger partial charge in [0.1, 0.15) is 0 Å². The number of para-hydroxylation sites is 1. The number of nitrogens with one attached hydrogen (secondary N) is 1. The molecule has 1 saturated heterocycles. The number of likely N-dealkylation sites (tertiary alicyclic amines) is 1. The van der Waals surface area contributed by atoms with E-state index in [0.29, 0.717) is 6.04 Å². The van der Waals surface area contributed by atoms with E-state index in [9.17, 15) is 5.11 Å². The molecule has 3 nitrogen and oxygen atoms in total. The first-order chi connectivity index (χ1) is 11.1. The van der Waals surface area contributed by atoms with Crippen LogP contribution in [-0.4, -0.2) is 29.2 Å². The Balaban J connectivity index is 1.69. The van der Waals surface area contributed by atoms with Gasteiger partial charge in [0.2, 0.25) is 0 Å². The summed E-state index contributed by atoms with van der Waals surface area (Å²) in [6.07, 6.45) is 1.67. The van der Waals surface area contributed by atoms with Gasteiger partial charge in [0, 0.05) is 30.2 Å². The van der Waals surface area contributed by atoms with Crippen molar-refractivity contribution in [3.05, 3.63) is 51.7 Å². The minimum atomic E-state index is -0.110. The largest absolute Gasteiger partial charge is 0.393 e. The highest BCUT2D eigenvalue weighted by atomic mass is 32.1. The second-order valence-electron chi connectivity index (χ2n) is 6.50. The Kier molecular flexibility index (Phi) is 5.36. The number of aliphatic hydroxyl groups excluding tert-OH is 1. The van der Waals surface area contributed by atoms with E-state index >= 15 is 0 Å². The number of aryl methyl sites for hydroxylation is 1. The highest BCUT2D eigenvalue weighted by Gasteiger charge is 2.18. The number of rotatable bonds is 5. The minimum absolute atomic E-state index is 0.110. The van der Waals surface area contributed by atoms with Crippen molar-refractivity contribution >= 4 is 17.0 Å². The van der Waals surface area contributed by atoms with Gasteiger partial charge in [0.25, 0.3) is 0 Å². The van der Waals surface area contributed by atoms with Crippen molar-refractivity contribution in [2.24, 2.45) is 0 Å². The predicted octanol–water partition coefficient (Wildman–Crippen LogP) is 4.19. The first-order valence-electron chi connectivity index (χ1n) is 8.42. The highest BCUT2D eigenvalue weighted by Crippen LogP contribution is 2.29. The zero-order valence-electron chi connectivity index (χ0n) is 14.0. The zero-order chi connectivity index (χ0) is 16.2. The molecule has 1 atom stereocenters. The van der Waals surface area contributed by atoms with Crippen LogP contribution >= 0.6 is 11.3 Å². The van der Waals surface area contributed by atoms with Gasteiger partial charge in [-0.05, 0) is 55.3 Å². The normalized spacial score (nSPS) is 18.0. The number of benzene rings is 1. The Bertz CT molecular complexity index is 632. The SMILES string of the molecule is Cc1ccsc1C(C)Nc1ccccc1CN1CCC(O)CC1. The van der Waals surface area contributed by atoms with Gasteiger partial charge in [-0.3, -0.25) is 4.90 Å². The summed E-state index contributed by atoms with van der Waals surface area (Å²) in [5, 5.41) is 15.5. The standard InChI is InChI=1S/C19H26N2OS/c1-14-9-12-23-19(14)15(2)20-18-6-4-3-5-16(18)13-21-10-7-17(22)8-11-21/h3-6,9,12,15,17,20,22H,7-8,10-11,13H2,1-2H3. The van der Waals surface area contributed by atoms with Crippen LogP contribution in [0.2, 0.25) is 0 Å². The Labute approximate surface area is 143 Å². The van der Waals surface area contributed by atoms with E-state index in [1.54, 1.807) is 0 Å². The van der Waals surface area contributed by atoms with E-state index in [-0.39, 0.29) is 6.10 Å². The molecule has 1 fully saturated rings. The maximum absolute atomic E-state index is 9.66. The summed E-state index contributed by atoms with van der Waals surface area (Å²) in [6, 6.07) is 11.1. The number of nitrogens with zero attached hydrogens (tertiary/aromatic N) is 1. The average molecular weight is 330 g/mol. The summed E-state index contributed by atoms with van der Waals surface area (Å²) in [5.74, 6) is 0. The van der Waals surface area contributed by atoms with Gasteiger partial charge in [-0.15, -0.1) is 11.3 Å². The summed E-state index contributed by atoms with van der Waals surface area (Å²) in [7, 11) is 0. The van der Waals surface area contributed by atoms with E-state index in [1.807, 2.05) is 11.3 Å². The minimum Gasteiger partial charge on any atom is -0.393 e. The van der Waals surface area contributed by atoms with Gasteiger partial charge in [-0.2, -0.15) is 0 Å². The third kappa shape index (κ3) is 4.14. The van der Waals surface area contributed by atoms with Crippen molar-refractivity contribution in [3.8, 4) is 0 Å². The maximum atomic E-state index is 9.66. The summed E-state index contributed by atoms with van der Waals surface area (Å²) in [5.41, 5.74) is 3.92. The molecule has 1 aromatic carbocycles. The summed E-state index contributed by atoms with van der Waals surface area (Å²) < 4.78 is 0. The van der Waals surface area contributed by atoms with Crippen LogP contribution in [0, 0.1) is 6.92 Å². The van der Waals surface area contributed by atoms with Crippen molar-refractivity contribution in [2.45, 2.75) is 45.4 Å². The van der Waals surface area contributed by atoms with Crippen LogP contribution in [0.5, 0.6) is 0 Å². The number of aliphatic hydroxyl groups is 1.